The molecule has 3 heteroatoms. The zero-order valence-corrected chi connectivity index (χ0v) is 12.4. The Morgan fingerprint density at radius 2 is 2.05 bits per heavy atom. The predicted molar refractivity (Wildman–Crippen MR) is 79.9 cm³/mol. The van der Waals surface area contributed by atoms with Crippen molar-refractivity contribution in [1.82, 2.24) is 5.32 Å². The van der Waals surface area contributed by atoms with E-state index in [4.69, 9.17) is 9.47 Å². The molecule has 0 amide bonds. The number of methoxy groups -OCH3 is 1. The Labute approximate surface area is 121 Å². The van der Waals surface area contributed by atoms with Gasteiger partial charge in [-0.25, -0.2) is 0 Å². The first kappa shape index (κ1) is 13.9. The molecule has 3 rings (SSSR count). The van der Waals surface area contributed by atoms with Crippen molar-refractivity contribution in [2.24, 2.45) is 5.92 Å². The molecule has 2 fully saturated rings. The summed E-state index contributed by atoms with van der Waals surface area (Å²) in [5.74, 6) is 1.87. The average Bonchev–Trinajstić information content (AvgIpc) is 3.36. The maximum atomic E-state index is 5.81. The van der Waals surface area contributed by atoms with E-state index in [9.17, 15) is 0 Å². The van der Waals surface area contributed by atoms with Gasteiger partial charge in [-0.1, -0.05) is 18.9 Å². The fourth-order valence-corrected chi connectivity index (χ4v) is 2.44. The van der Waals surface area contributed by atoms with E-state index >= 15 is 0 Å². The van der Waals surface area contributed by atoms with Gasteiger partial charge in [-0.3, -0.25) is 0 Å². The van der Waals surface area contributed by atoms with Crippen LogP contribution in [0.4, 0.5) is 0 Å². The molecule has 1 N–H and O–H groups in total. The van der Waals surface area contributed by atoms with E-state index in [1.165, 1.54) is 43.2 Å². The second-order valence-electron chi connectivity index (χ2n) is 6.09. The van der Waals surface area contributed by atoms with Gasteiger partial charge in [0.1, 0.15) is 5.75 Å². The standard InChI is InChI=1S/C17H25NO2/c1-19-17-7-4-14(11-18-16-5-6-16)10-15(17)12-20-9-8-13-2-3-13/h4,7,10,13,16,18H,2-3,5-6,8-9,11-12H2,1H3. The number of rotatable bonds is 9. The molecule has 0 heterocycles. The monoisotopic (exact) mass is 275 g/mol. The molecule has 0 aliphatic heterocycles. The number of benzene rings is 1. The molecular formula is C17H25NO2. The first-order valence-electron chi connectivity index (χ1n) is 7.82. The molecule has 110 valence electrons. The topological polar surface area (TPSA) is 30.5 Å². The van der Waals surface area contributed by atoms with Crippen LogP contribution in [0, 0.1) is 5.92 Å². The van der Waals surface area contributed by atoms with Crippen molar-refractivity contribution < 1.29 is 9.47 Å². The van der Waals surface area contributed by atoms with Crippen LogP contribution in [0.25, 0.3) is 0 Å². The minimum absolute atomic E-state index is 0.660. The maximum absolute atomic E-state index is 5.81. The normalized spacial score (nSPS) is 18.2. The van der Waals surface area contributed by atoms with E-state index in [0.717, 1.165) is 30.9 Å². The molecule has 2 saturated carbocycles. The predicted octanol–water partition coefficient (Wildman–Crippen LogP) is 3.26. The van der Waals surface area contributed by atoms with Gasteiger partial charge in [0.15, 0.2) is 0 Å². The smallest absolute Gasteiger partial charge is 0.124 e. The minimum Gasteiger partial charge on any atom is -0.496 e. The van der Waals surface area contributed by atoms with Crippen LogP contribution in [-0.4, -0.2) is 19.8 Å². The minimum atomic E-state index is 0.660. The first-order chi connectivity index (χ1) is 9.85. The molecule has 2 aliphatic rings. The molecule has 0 saturated heterocycles. The molecule has 1 aromatic carbocycles. The third-order valence-corrected chi connectivity index (χ3v) is 4.14. The highest BCUT2D eigenvalue weighted by atomic mass is 16.5. The van der Waals surface area contributed by atoms with Gasteiger partial charge < -0.3 is 14.8 Å². The van der Waals surface area contributed by atoms with Crippen LogP contribution in [-0.2, 0) is 17.9 Å². The van der Waals surface area contributed by atoms with Crippen molar-refractivity contribution >= 4 is 0 Å². The second kappa shape index (κ2) is 6.59. The van der Waals surface area contributed by atoms with E-state index in [0.29, 0.717) is 6.61 Å². The molecule has 2 aliphatic carbocycles. The van der Waals surface area contributed by atoms with Crippen LogP contribution in [0.15, 0.2) is 18.2 Å². The summed E-state index contributed by atoms with van der Waals surface area (Å²) in [5.41, 5.74) is 2.48. The molecule has 1 aromatic rings. The summed E-state index contributed by atoms with van der Waals surface area (Å²) in [6.07, 6.45) is 6.66. The van der Waals surface area contributed by atoms with Crippen molar-refractivity contribution in [2.45, 2.75) is 51.3 Å². The lowest BCUT2D eigenvalue weighted by atomic mass is 10.1. The molecule has 0 radical (unpaired) electrons. The molecular weight excluding hydrogens is 250 g/mol. The van der Waals surface area contributed by atoms with Crippen LogP contribution in [0.1, 0.15) is 43.2 Å². The molecule has 0 spiro atoms. The third-order valence-electron chi connectivity index (χ3n) is 4.14. The van der Waals surface area contributed by atoms with Crippen LogP contribution in [0.3, 0.4) is 0 Å². The fraction of sp³-hybridized carbons (Fsp3) is 0.647. The van der Waals surface area contributed by atoms with E-state index < -0.39 is 0 Å². The summed E-state index contributed by atoms with van der Waals surface area (Å²) in [4.78, 5) is 0. The highest BCUT2D eigenvalue weighted by Gasteiger charge is 2.21. The lowest BCUT2D eigenvalue weighted by molar-refractivity contribution is 0.113. The molecule has 20 heavy (non-hydrogen) atoms. The number of ether oxygens (including phenoxy) is 2. The SMILES string of the molecule is COc1ccc(CNC2CC2)cc1COCCC1CC1. The summed E-state index contributed by atoms with van der Waals surface area (Å²) in [5, 5.41) is 3.55. The highest BCUT2D eigenvalue weighted by molar-refractivity contribution is 5.37. The molecule has 0 bridgehead atoms. The Bertz CT molecular complexity index is 439. The van der Waals surface area contributed by atoms with Crippen LogP contribution in [0.5, 0.6) is 5.75 Å². The molecule has 0 unspecified atom stereocenters. The van der Waals surface area contributed by atoms with Crippen molar-refractivity contribution in [3.8, 4) is 5.75 Å². The number of hydrogen-bond acceptors (Lipinski definition) is 3. The lowest BCUT2D eigenvalue weighted by Crippen LogP contribution is -2.15. The van der Waals surface area contributed by atoms with Crippen LogP contribution >= 0.6 is 0 Å². The Hall–Kier alpha value is -1.06. The molecule has 0 atom stereocenters. The quantitative estimate of drug-likeness (QED) is 0.702. The number of nitrogens with one attached hydrogen (secondary N) is 1. The summed E-state index contributed by atoms with van der Waals surface area (Å²) in [7, 11) is 1.73. The summed E-state index contributed by atoms with van der Waals surface area (Å²) < 4.78 is 11.2. The average molecular weight is 275 g/mol. The summed E-state index contributed by atoms with van der Waals surface area (Å²) in [6, 6.07) is 7.16. The van der Waals surface area contributed by atoms with Gasteiger partial charge in [0.25, 0.3) is 0 Å². The highest BCUT2D eigenvalue weighted by Crippen LogP contribution is 2.32. The van der Waals surface area contributed by atoms with E-state index in [1.807, 2.05) is 0 Å². The Balaban J connectivity index is 1.51. The van der Waals surface area contributed by atoms with Crippen LogP contribution in [0.2, 0.25) is 0 Å². The third kappa shape index (κ3) is 4.22. The van der Waals surface area contributed by atoms with E-state index in [2.05, 4.69) is 23.5 Å². The lowest BCUT2D eigenvalue weighted by Gasteiger charge is -2.12. The molecule has 0 aromatic heterocycles. The van der Waals surface area contributed by atoms with Crippen molar-refractivity contribution in [2.75, 3.05) is 13.7 Å². The van der Waals surface area contributed by atoms with Gasteiger partial charge in [-0.2, -0.15) is 0 Å². The van der Waals surface area contributed by atoms with Gasteiger partial charge in [0.05, 0.1) is 13.7 Å². The number of hydrogen-bond donors (Lipinski definition) is 1. The van der Waals surface area contributed by atoms with Crippen molar-refractivity contribution in [3.63, 3.8) is 0 Å². The molecule has 3 nitrogen and oxygen atoms in total. The van der Waals surface area contributed by atoms with E-state index in [-0.39, 0.29) is 0 Å². The Morgan fingerprint density at radius 3 is 2.75 bits per heavy atom. The van der Waals surface area contributed by atoms with Crippen LogP contribution < -0.4 is 10.1 Å². The van der Waals surface area contributed by atoms with Crippen molar-refractivity contribution in [3.05, 3.63) is 29.3 Å². The van der Waals surface area contributed by atoms with Gasteiger partial charge in [-0.15, -0.1) is 0 Å². The van der Waals surface area contributed by atoms with Gasteiger partial charge in [-0.05, 0) is 42.9 Å². The zero-order chi connectivity index (χ0) is 13.8. The first-order valence-corrected chi connectivity index (χ1v) is 7.82. The summed E-state index contributed by atoms with van der Waals surface area (Å²) in [6.45, 7) is 2.48. The summed E-state index contributed by atoms with van der Waals surface area (Å²) >= 11 is 0. The Kier molecular flexibility index (Phi) is 4.58. The van der Waals surface area contributed by atoms with E-state index in [1.54, 1.807) is 7.11 Å². The van der Waals surface area contributed by atoms with Gasteiger partial charge in [0, 0.05) is 24.8 Å². The second-order valence-corrected chi connectivity index (χ2v) is 6.09. The van der Waals surface area contributed by atoms with Gasteiger partial charge in [0.2, 0.25) is 0 Å². The maximum Gasteiger partial charge on any atom is 0.124 e. The fourth-order valence-electron chi connectivity index (χ4n) is 2.44. The largest absolute Gasteiger partial charge is 0.496 e. The van der Waals surface area contributed by atoms with Gasteiger partial charge >= 0.3 is 0 Å². The Morgan fingerprint density at radius 1 is 1.20 bits per heavy atom. The van der Waals surface area contributed by atoms with Crippen molar-refractivity contribution in [1.29, 1.82) is 0 Å². The zero-order valence-electron chi connectivity index (χ0n) is 12.4.